The highest BCUT2D eigenvalue weighted by Gasteiger charge is 2.33. The quantitative estimate of drug-likeness (QED) is 0.725. The maximum absolute atomic E-state index is 5.59. The van der Waals surface area contributed by atoms with Gasteiger partial charge >= 0.3 is 0 Å². The van der Waals surface area contributed by atoms with Crippen LogP contribution in [0.15, 0.2) is 24.3 Å². The van der Waals surface area contributed by atoms with Gasteiger partial charge in [-0.15, -0.1) is 5.10 Å². The number of rotatable bonds is 5. The number of methoxy groups -OCH3 is 1. The number of nitrogens with zero attached hydrogens (tertiary/aromatic N) is 3. The number of hydrogen-bond acceptors (Lipinski definition) is 6. The third-order valence-electron chi connectivity index (χ3n) is 5.63. The lowest BCUT2D eigenvalue weighted by atomic mass is 9.78. The van der Waals surface area contributed by atoms with Crippen molar-refractivity contribution in [1.82, 2.24) is 14.7 Å². The van der Waals surface area contributed by atoms with E-state index in [-0.39, 0.29) is 0 Å². The fraction of sp³-hybridized carbons (Fsp3) is 0.579. The number of hydrogen-bond donors (Lipinski definition) is 1. The number of nitrogens with one attached hydrogen (secondary N) is 1. The lowest BCUT2D eigenvalue weighted by Gasteiger charge is -2.43. The molecule has 7 heteroatoms. The second kappa shape index (κ2) is 8.06. The van der Waals surface area contributed by atoms with E-state index in [2.05, 4.69) is 10.2 Å². The summed E-state index contributed by atoms with van der Waals surface area (Å²) in [5.74, 6) is 1.68. The summed E-state index contributed by atoms with van der Waals surface area (Å²) < 4.78 is 8.21. The van der Waals surface area contributed by atoms with E-state index in [1.54, 1.807) is 7.11 Å². The first-order valence-electron chi connectivity index (χ1n) is 9.46. The lowest BCUT2D eigenvalue weighted by Crippen LogP contribution is -2.47. The number of fused-ring (bicyclic) bond motifs is 1. The molecule has 26 heavy (non-hydrogen) atoms. The molecule has 1 aromatic carbocycles. The first-order chi connectivity index (χ1) is 12.7. The van der Waals surface area contributed by atoms with Crippen LogP contribution in [0, 0.1) is 9.87 Å². The van der Waals surface area contributed by atoms with Crippen molar-refractivity contribution in [1.29, 1.82) is 0 Å². The Morgan fingerprint density at radius 3 is 2.92 bits per heavy atom. The van der Waals surface area contributed by atoms with Crippen LogP contribution in [-0.2, 0) is 6.67 Å². The van der Waals surface area contributed by atoms with Gasteiger partial charge in [0.05, 0.1) is 19.5 Å². The van der Waals surface area contributed by atoms with Gasteiger partial charge in [0, 0.05) is 12.6 Å². The Kier molecular flexibility index (Phi) is 5.57. The van der Waals surface area contributed by atoms with Gasteiger partial charge in [0.2, 0.25) is 5.13 Å². The van der Waals surface area contributed by atoms with Crippen LogP contribution in [0.2, 0.25) is 0 Å². The molecule has 2 fully saturated rings. The first-order valence-corrected chi connectivity index (χ1v) is 10.7. The Balaban J connectivity index is 1.49. The number of likely N-dealkylation sites (tertiary alicyclic amines) is 1. The molecule has 1 saturated heterocycles. The highest BCUT2D eigenvalue weighted by molar-refractivity contribution is 7.73. The van der Waals surface area contributed by atoms with Gasteiger partial charge in [0.15, 0.2) is 3.95 Å². The van der Waals surface area contributed by atoms with Crippen molar-refractivity contribution >= 4 is 34.4 Å². The van der Waals surface area contributed by atoms with Crippen molar-refractivity contribution < 1.29 is 4.74 Å². The zero-order chi connectivity index (χ0) is 17.9. The van der Waals surface area contributed by atoms with E-state index in [0.717, 1.165) is 39.7 Å². The van der Waals surface area contributed by atoms with E-state index in [4.69, 9.17) is 22.1 Å². The van der Waals surface area contributed by atoms with Crippen LogP contribution >= 0.6 is 23.6 Å². The minimum absolute atomic E-state index is 0.715. The summed E-state index contributed by atoms with van der Waals surface area (Å²) in [7, 11) is 1.68. The molecule has 0 radical (unpaired) electrons. The van der Waals surface area contributed by atoms with Gasteiger partial charge in [-0.2, -0.15) is 0 Å². The Morgan fingerprint density at radius 1 is 1.23 bits per heavy atom. The lowest BCUT2D eigenvalue weighted by molar-refractivity contribution is 0.0327. The highest BCUT2D eigenvalue weighted by atomic mass is 32.1. The van der Waals surface area contributed by atoms with Gasteiger partial charge in [-0.3, -0.25) is 4.90 Å². The van der Waals surface area contributed by atoms with Crippen LogP contribution in [0.5, 0.6) is 5.75 Å². The molecule has 0 amide bonds. The molecule has 2 aliphatic rings. The van der Waals surface area contributed by atoms with Crippen molar-refractivity contribution in [3.8, 4) is 5.75 Å². The van der Waals surface area contributed by atoms with Crippen molar-refractivity contribution in [2.24, 2.45) is 5.92 Å². The number of piperidine rings is 1. The van der Waals surface area contributed by atoms with Crippen LogP contribution in [-0.4, -0.2) is 34.4 Å². The zero-order valence-electron chi connectivity index (χ0n) is 15.2. The van der Waals surface area contributed by atoms with Crippen molar-refractivity contribution in [2.45, 2.75) is 51.2 Å². The monoisotopic (exact) mass is 390 g/mol. The third kappa shape index (κ3) is 3.80. The SMILES string of the molecule is COc1ccccc1Nc1nn(CN2CCC[C@H]3CCCC[C@@H]32)c(=S)s1. The molecular formula is C19H26N4OS2. The number of aromatic nitrogens is 2. The van der Waals surface area contributed by atoms with Gasteiger partial charge in [-0.1, -0.05) is 36.3 Å². The molecule has 140 valence electrons. The van der Waals surface area contributed by atoms with Gasteiger partial charge in [-0.25, -0.2) is 4.68 Å². The molecule has 1 aromatic heterocycles. The molecule has 2 aromatic rings. The van der Waals surface area contributed by atoms with E-state index < -0.39 is 0 Å². The average molecular weight is 391 g/mol. The molecule has 0 spiro atoms. The summed E-state index contributed by atoms with van der Waals surface area (Å²) in [5, 5.41) is 8.91. The Bertz CT molecular complexity index is 801. The molecule has 2 atom stereocenters. The third-order valence-corrected chi connectivity index (χ3v) is 6.85. The standard InChI is InChI=1S/C19H26N4OS2/c1-24-17-11-5-3-9-15(17)20-18-21-23(19(25)26-18)13-22-12-6-8-14-7-2-4-10-16(14)22/h3,5,9,11,14,16H,2,4,6-8,10,12-13H2,1H3,(H,20,21)/t14-,16+/m1/s1. The second-order valence-electron chi connectivity index (χ2n) is 7.21. The number of anilines is 2. The number of ether oxygens (including phenoxy) is 1. The minimum Gasteiger partial charge on any atom is -0.495 e. The van der Waals surface area contributed by atoms with Crippen LogP contribution in [0.3, 0.4) is 0 Å². The fourth-order valence-electron chi connectivity index (χ4n) is 4.38. The molecule has 4 rings (SSSR count). The summed E-state index contributed by atoms with van der Waals surface area (Å²) in [6, 6.07) is 8.59. The molecule has 1 saturated carbocycles. The van der Waals surface area contributed by atoms with Crippen molar-refractivity contribution in [3.63, 3.8) is 0 Å². The summed E-state index contributed by atoms with van der Waals surface area (Å²) >= 11 is 7.11. The summed E-state index contributed by atoms with van der Waals surface area (Å²) in [4.78, 5) is 2.61. The number of para-hydroxylation sites is 2. The molecular weight excluding hydrogens is 364 g/mol. The minimum atomic E-state index is 0.715. The van der Waals surface area contributed by atoms with Gasteiger partial charge in [-0.05, 0) is 56.0 Å². The van der Waals surface area contributed by atoms with E-state index >= 15 is 0 Å². The second-order valence-corrected chi connectivity index (χ2v) is 8.83. The van der Waals surface area contributed by atoms with E-state index in [0.29, 0.717) is 6.04 Å². The Morgan fingerprint density at radius 2 is 2.04 bits per heavy atom. The van der Waals surface area contributed by atoms with Crippen molar-refractivity contribution in [3.05, 3.63) is 28.2 Å². The van der Waals surface area contributed by atoms with Gasteiger partial charge in [0.1, 0.15) is 5.75 Å². The van der Waals surface area contributed by atoms with Crippen molar-refractivity contribution in [2.75, 3.05) is 19.0 Å². The summed E-state index contributed by atoms with van der Waals surface area (Å²) in [6.07, 6.45) is 8.17. The maximum atomic E-state index is 5.59. The predicted molar refractivity (Wildman–Crippen MR) is 109 cm³/mol. The normalized spacial score (nSPS) is 23.4. The molecule has 1 N–H and O–H groups in total. The number of benzene rings is 1. The highest BCUT2D eigenvalue weighted by Crippen LogP contribution is 2.36. The molecule has 1 aliphatic carbocycles. The van der Waals surface area contributed by atoms with Gasteiger partial charge < -0.3 is 10.1 Å². The van der Waals surface area contributed by atoms with Crippen LogP contribution < -0.4 is 10.1 Å². The largest absolute Gasteiger partial charge is 0.495 e. The fourth-order valence-corrected chi connectivity index (χ4v) is 5.39. The molecule has 5 nitrogen and oxygen atoms in total. The molecule has 2 heterocycles. The molecule has 0 unspecified atom stereocenters. The predicted octanol–water partition coefficient (Wildman–Crippen LogP) is 5.04. The van der Waals surface area contributed by atoms with Crippen LogP contribution in [0.4, 0.5) is 10.8 Å². The smallest absolute Gasteiger partial charge is 0.209 e. The molecule has 0 bridgehead atoms. The van der Waals surface area contributed by atoms with E-state index in [1.807, 2.05) is 28.9 Å². The van der Waals surface area contributed by atoms with Crippen LogP contribution in [0.1, 0.15) is 38.5 Å². The van der Waals surface area contributed by atoms with E-state index in [9.17, 15) is 0 Å². The average Bonchev–Trinajstić information content (AvgIpc) is 3.01. The summed E-state index contributed by atoms with van der Waals surface area (Å²) in [6.45, 7) is 1.97. The maximum Gasteiger partial charge on any atom is 0.209 e. The topological polar surface area (TPSA) is 42.3 Å². The Labute approximate surface area is 164 Å². The molecule has 1 aliphatic heterocycles. The Hall–Kier alpha value is -1.44. The summed E-state index contributed by atoms with van der Waals surface area (Å²) in [5.41, 5.74) is 0.913. The van der Waals surface area contributed by atoms with E-state index in [1.165, 1.54) is 49.9 Å². The van der Waals surface area contributed by atoms with Crippen LogP contribution in [0.25, 0.3) is 0 Å². The first kappa shape index (κ1) is 17.9. The zero-order valence-corrected chi connectivity index (χ0v) is 16.8. The van der Waals surface area contributed by atoms with Gasteiger partial charge in [0.25, 0.3) is 0 Å².